The third-order valence-corrected chi connectivity index (χ3v) is 2.40. The van der Waals surface area contributed by atoms with Crippen molar-refractivity contribution >= 4 is 17.6 Å². The van der Waals surface area contributed by atoms with Gasteiger partial charge >= 0.3 is 5.97 Å². The summed E-state index contributed by atoms with van der Waals surface area (Å²) in [5, 5.41) is 0. The minimum absolute atomic E-state index is 0.244. The van der Waals surface area contributed by atoms with Crippen molar-refractivity contribution in [3.8, 4) is 5.75 Å². The predicted molar refractivity (Wildman–Crippen MR) is 66.1 cm³/mol. The first-order valence-corrected chi connectivity index (χ1v) is 5.43. The highest BCUT2D eigenvalue weighted by Gasteiger charge is 2.19. The van der Waals surface area contributed by atoms with E-state index in [2.05, 4.69) is 0 Å². The lowest BCUT2D eigenvalue weighted by molar-refractivity contribution is -0.126. The minimum atomic E-state index is -0.930. The number of carbonyl (C=O) groups excluding carboxylic acids is 2. The van der Waals surface area contributed by atoms with Crippen molar-refractivity contribution in [1.82, 2.24) is 0 Å². The van der Waals surface area contributed by atoms with Gasteiger partial charge in [0.2, 0.25) is 0 Å². The molecule has 6 heteroatoms. The van der Waals surface area contributed by atoms with Crippen LogP contribution in [-0.4, -0.2) is 25.1 Å². The van der Waals surface area contributed by atoms with Crippen LogP contribution in [0, 0.1) is 0 Å². The second-order valence-electron chi connectivity index (χ2n) is 3.66. The zero-order valence-corrected chi connectivity index (χ0v) is 10.3. The van der Waals surface area contributed by atoms with Gasteiger partial charge in [-0.2, -0.15) is 0 Å². The van der Waals surface area contributed by atoms with Gasteiger partial charge in [-0.1, -0.05) is 6.92 Å². The van der Waals surface area contributed by atoms with Crippen LogP contribution in [-0.2, 0) is 9.53 Å². The molecule has 0 radical (unpaired) electrons. The number of nitrogen functional groups attached to an aromatic ring is 1. The molecule has 0 saturated carbocycles. The van der Waals surface area contributed by atoms with Crippen molar-refractivity contribution < 1.29 is 19.1 Å². The molecule has 1 atom stereocenters. The molecule has 4 N–H and O–H groups in total. The number of nitrogens with two attached hydrogens (primary N) is 2. The number of hydrogen-bond acceptors (Lipinski definition) is 5. The Bertz CT molecular complexity index is 459. The molecule has 0 aromatic heterocycles. The molecule has 0 aliphatic carbocycles. The molecule has 18 heavy (non-hydrogen) atoms. The first kappa shape index (κ1) is 13.8. The molecule has 98 valence electrons. The summed E-state index contributed by atoms with van der Waals surface area (Å²) in [6.07, 6.45) is -0.604. The van der Waals surface area contributed by atoms with Gasteiger partial charge < -0.3 is 20.9 Å². The lowest BCUT2D eigenvalue weighted by Gasteiger charge is -2.13. The SMILES string of the molecule is CCC(OC(=O)c1ccc(OC)c(N)c1)C(N)=O. The predicted octanol–water partition coefficient (Wildman–Crippen LogP) is 0.698. The molecule has 0 bridgehead atoms. The molecule has 0 spiro atoms. The molecule has 1 aromatic rings. The Morgan fingerprint density at radius 2 is 2.06 bits per heavy atom. The number of esters is 1. The summed E-state index contributed by atoms with van der Waals surface area (Å²) < 4.78 is 9.93. The van der Waals surface area contributed by atoms with E-state index in [1.54, 1.807) is 13.0 Å². The van der Waals surface area contributed by atoms with Gasteiger partial charge in [0.05, 0.1) is 18.4 Å². The standard InChI is InChI=1S/C12H16N2O4/c1-3-9(11(14)15)18-12(16)7-4-5-10(17-2)8(13)6-7/h4-6,9H,3,13H2,1-2H3,(H2,14,15). The highest BCUT2D eigenvalue weighted by atomic mass is 16.5. The third-order valence-electron chi connectivity index (χ3n) is 2.40. The zero-order valence-electron chi connectivity index (χ0n) is 10.3. The smallest absolute Gasteiger partial charge is 0.338 e. The monoisotopic (exact) mass is 252 g/mol. The first-order valence-electron chi connectivity index (χ1n) is 5.43. The number of anilines is 1. The minimum Gasteiger partial charge on any atom is -0.495 e. The Morgan fingerprint density at radius 3 is 2.50 bits per heavy atom. The van der Waals surface area contributed by atoms with Crippen LogP contribution in [0.3, 0.4) is 0 Å². The topological polar surface area (TPSA) is 105 Å². The lowest BCUT2D eigenvalue weighted by atomic mass is 10.2. The molecule has 1 aromatic carbocycles. The van der Waals surface area contributed by atoms with Crippen molar-refractivity contribution in [2.75, 3.05) is 12.8 Å². The second kappa shape index (κ2) is 5.90. The van der Waals surface area contributed by atoms with E-state index in [0.29, 0.717) is 17.9 Å². The van der Waals surface area contributed by atoms with Gasteiger partial charge in [0.25, 0.3) is 5.91 Å². The van der Waals surface area contributed by atoms with Gasteiger partial charge in [0.15, 0.2) is 6.10 Å². The number of carbonyl (C=O) groups is 2. The van der Waals surface area contributed by atoms with Gasteiger partial charge in [-0.25, -0.2) is 4.79 Å². The van der Waals surface area contributed by atoms with Crippen LogP contribution in [0.5, 0.6) is 5.75 Å². The molecule has 0 heterocycles. The van der Waals surface area contributed by atoms with Crippen molar-refractivity contribution in [1.29, 1.82) is 0 Å². The van der Waals surface area contributed by atoms with Crippen molar-refractivity contribution in [3.63, 3.8) is 0 Å². The fourth-order valence-electron chi connectivity index (χ4n) is 1.40. The summed E-state index contributed by atoms with van der Waals surface area (Å²) in [5.41, 5.74) is 11.3. The molecule has 1 rings (SSSR count). The number of hydrogen-bond donors (Lipinski definition) is 2. The maximum Gasteiger partial charge on any atom is 0.338 e. The Labute approximate surface area is 105 Å². The van der Waals surface area contributed by atoms with Crippen molar-refractivity contribution in [2.45, 2.75) is 19.4 Å². The van der Waals surface area contributed by atoms with Crippen LogP contribution in [0.25, 0.3) is 0 Å². The summed E-state index contributed by atoms with van der Waals surface area (Å²) >= 11 is 0. The van der Waals surface area contributed by atoms with Gasteiger partial charge in [0.1, 0.15) is 5.75 Å². The molecular formula is C12H16N2O4. The lowest BCUT2D eigenvalue weighted by Crippen LogP contribution is -2.32. The highest BCUT2D eigenvalue weighted by Crippen LogP contribution is 2.22. The van der Waals surface area contributed by atoms with Crippen LogP contribution in [0.15, 0.2) is 18.2 Å². The number of amides is 1. The average Bonchev–Trinajstić information content (AvgIpc) is 2.35. The van der Waals surface area contributed by atoms with E-state index in [4.69, 9.17) is 20.9 Å². The van der Waals surface area contributed by atoms with E-state index in [-0.39, 0.29) is 5.56 Å². The van der Waals surface area contributed by atoms with E-state index in [1.165, 1.54) is 19.2 Å². The van der Waals surface area contributed by atoms with Gasteiger partial charge in [0, 0.05) is 0 Å². The summed E-state index contributed by atoms with van der Waals surface area (Å²) in [4.78, 5) is 22.7. The van der Waals surface area contributed by atoms with E-state index in [1.807, 2.05) is 0 Å². The van der Waals surface area contributed by atoms with E-state index >= 15 is 0 Å². The highest BCUT2D eigenvalue weighted by molar-refractivity contribution is 5.93. The van der Waals surface area contributed by atoms with E-state index < -0.39 is 18.0 Å². The average molecular weight is 252 g/mol. The molecule has 6 nitrogen and oxygen atoms in total. The molecular weight excluding hydrogens is 236 g/mol. The van der Waals surface area contributed by atoms with Crippen LogP contribution in [0.2, 0.25) is 0 Å². The van der Waals surface area contributed by atoms with Gasteiger partial charge in [-0.05, 0) is 24.6 Å². The summed E-state index contributed by atoms with van der Waals surface area (Å²) in [6.45, 7) is 1.70. The molecule has 0 aliphatic heterocycles. The number of benzene rings is 1. The van der Waals surface area contributed by atoms with Crippen LogP contribution < -0.4 is 16.2 Å². The normalized spacial score (nSPS) is 11.7. The van der Waals surface area contributed by atoms with Crippen LogP contribution >= 0.6 is 0 Å². The van der Waals surface area contributed by atoms with Crippen molar-refractivity contribution in [2.24, 2.45) is 5.73 Å². The molecule has 0 fully saturated rings. The largest absolute Gasteiger partial charge is 0.495 e. The second-order valence-corrected chi connectivity index (χ2v) is 3.66. The van der Waals surface area contributed by atoms with Crippen LogP contribution in [0.4, 0.5) is 5.69 Å². The fourth-order valence-corrected chi connectivity index (χ4v) is 1.40. The van der Waals surface area contributed by atoms with Crippen molar-refractivity contribution in [3.05, 3.63) is 23.8 Å². The molecule has 0 aliphatic rings. The van der Waals surface area contributed by atoms with Crippen LogP contribution in [0.1, 0.15) is 23.7 Å². The molecule has 1 unspecified atom stereocenters. The van der Waals surface area contributed by atoms with Gasteiger partial charge in [-0.15, -0.1) is 0 Å². The Morgan fingerprint density at radius 1 is 1.39 bits per heavy atom. The maximum absolute atomic E-state index is 11.7. The fraction of sp³-hybridized carbons (Fsp3) is 0.333. The summed E-state index contributed by atoms with van der Waals surface area (Å²) in [5.74, 6) is -0.851. The van der Waals surface area contributed by atoms with E-state index in [0.717, 1.165) is 0 Å². The number of ether oxygens (including phenoxy) is 2. The maximum atomic E-state index is 11.7. The Hall–Kier alpha value is -2.24. The number of rotatable bonds is 5. The first-order chi connectivity index (χ1) is 8.49. The number of methoxy groups -OCH3 is 1. The van der Waals surface area contributed by atoms with Gasteiger partial charge in [-0.3, -0.25) is 4.79 Å². The van der Waals surface area contributed by atoms with E-state index in [9.17, 15) is 9.59 Å². The molecule has 0 saturated heterocycles. The summed E-state index contributed by atoms with van der Waals surface area (Å²) in [6, 6.07) is 4.48. The number of primary amides is 1. The molecule has 1 amide bonds. The Balaban J connectivity index is 2.84. The third kappa shape index (κ3) is 3.13. The quantitative estimate of drug-likeness (QED) is 0.592. The zero-order chi connectivity index (χ0) is 13.7. The Kier molecular flexibility index (Phi) is 4.53. The summed E-state index contributed by atoms with van der Waals surface area (Å²) in [7, 11) is 1.48.